The van der Waals surface area contributed by atoms with Gasteiger partial charge in [0, 0.05) is 18.8 Å². The van der Waals surface area contributed by atoms with Gasteiger partial charge in [-0.25, -0.2) is 4.39 Å². The lowest BCUT2D eigenvalue weighted by molar-refractivity contribution is 0.276. The van der Waals surface area contributed by atoms with Crippen LogP contribution in [-0.4, -0.2) is 26.7 Å². The first-order chi connectivity index (χ1) is 9.19. The minimum absolute atomic E-state index is 0.131. The van der Waals surface area contributed by atoms with Gasteiger partial charge >= 0.3 is 0 Å². The summed E-state index contributed by atoms with van der Waals surface area (Å²) in [5.74, 6) is -0.309. The third kappa shape index (κ3) is 4.00. The molecule has 2 N–H and O–H groups in total. The van der Waals surface area contributed by atoms with E-state index in [4.69, 9.17) is 5.11 Å². The molecule has 2 rings (SSSR count). The summed E-state index contributed by atoms with van der Waals surface area (Å²) in [6, 6.07) is 4.85. The summed E-state index contributed by atoms with van der Waals surface area (Å²) < 4.78 is 15.4. The fourth-order valence-corrected chi connectivity index (χ4v) is 1.81. The summed E-state index contributed by atoms with van der Waals surface area (Å²) in [5.41, 5.74) is 1.45. The van der Waals surface area contributed by atoms with E-state index in [9.17, 15) is 4.39 Å². The van der Waals surface area contributed by atoms with Crippen molar-refractivity contribution >= 4 is 21.6 Å². The quantitative estimate of drug-likeness (QED) is 0.853. The molecule has 0 atom stereocenters. The van der Waals surface area contributed by atoms with Gasteiger partial charge in [-0.2, -0.15) is 0 Å². The molecule has 1 aromatic heterocycles. The average Bonchev–Trinajstić information content (AvgIpc) is 2.86. The molecule has 0 spiro atoms. The van der Waals surface area contributed by atoms with E-state index in [1.807, 2.05) is 0 Å². The van der Waals surface area contributed by atoms with Crippen LogP contribution in [0.1, 0.15) is 12.1 Å². The number of aliphatic hydroxyl groups is 1. The Morgan fingerprint density at radius 2 is 2.26 bits per heavy atom. The first-order valence-electron chi connectivity index (χ1n) is 5.88. The average molecular weight is 329 g/mol. The summed E-state index contributed by atoms with van der Waals surface area (Å²) in [6.45, 7) is 1.24. The van der Waals surface area contributed by atoms with E-state index in [1.54, 1.807) is 23.0 Å². The zero-order valence-electron chi connectivity index (χ0n) is 10.2. The number of nitrogens with one attached hydrogen (secondary N) is 1. The van der Waals surface area contributed by atoms with Crippen molar-refractivity contribution in [2.75, 3.05) is 11.9 Å². The fourth-order valence-electron chi connectivity index (χ4n) is 1.56. The molecule has 1 heterocycles. The molecule has 2 aromatic rings. The first-order valence-corrected chi connectivity index (χ1v) is 6.67. The predicted molar refractivity (Wildman–Crippen MR) is 73.2 cm³/mol. The smallest absolute Gasteiger partial charge is 0.139 e. The second kappa shape index (κ2) is 6.63. The number of nitrogens with zero attached hydrogens (tertiary/aromatic N) is 3. The van der Waals surface area contributed by atoms with Crippen LogP contribution < -0.4 is 5.32 Å². The number of aromatic nitrogens is 3. The van der Waals surface area contributed by atoms with Crippen molar-refractivity contribution in [3.05, 3.63) is 40.4 Å². The Bertz CT molecular complexity index is 546. The van der Waals surface area contributed by atoms with Gasteiger partial charge in [0.1, 0.15) is 11.5 Å². The van der Waals surface area contributed by atoms with Gasteiger partial charge in [-0.15, -0.1) is 5.10 Å². The van der Waals surface area contributed by atoms with Crippen molar-refractivity contribution in [3.8, 4) is 0 Å². The zero-order valence-corrected chi connectivity index (χ0v) is 11.8. The van der Waals surface area contributed by atoms with Gasteiger partial charge < -0.3 is 10.4 Å². The van der Waals surface area contributed by atoms with Gasteiger partial charge in [-0.3, -0.25) is 4.68 Å². The summed E-state index contributed by atoms with van der Waals surface area (Å²) in [6.07, 6.45) is 2.45. The largest absolute Gasteiger partial charge is 0.396 e. The van der Waals surface area contributed by atoms with E-state index in [-0.39, 0.29) is 12.4 Å². The Morgan fingerprint density at radius 1 is 1.42 bits per heavy atom. The lowest BCUT2D eigenvalue weighted by atomic mass is 10.3. The Hall–Kier alpha value is -1.47. The second-order valence-electron chi connectivity index (χ2n) is 4.03. The van der Waals surface area contributed by atoms with E-state index in [1.165, 1.54) is 6.07 Å². The maximum Gasteiger partial charge on any atom is 0.139 e. The standard InChI is InChI=1S/C12H14BrFN4O/c13-11-3-2-9(6-12(11)14)15-7-10-8-18(17-16-10)4-1-5-19/h2-3,6,8,15,19H,1,4-5,7H2. The third-order valence-electron chi connectivity index (χ3n) is 2.52. The fraction of sp³-hybridized carbons (Fsp3) is 0.333. The van der Waals surface area contributed by atoms with Gasteiger partial charge in [0.05, 0.1) is 17.2 Å². The van der Waals surface area contributed by atoms with E-state index < -0.39 is 0 Å². The second-order valence-corrected chi connectivity index (χ2v) is 4.89. The third-order valence-corrected chi connectivity index (χ3v) is 3.17. The van der Waals surface area contributed by atoms with Gasteiger partial charge in [0.25, 0.3) is 0 Å². The SMILES string of the molecule is OCCCn1cc(CNc2ccc(Br)c(F)c2)nn1. The highest BCUT2D eigenvalue weighted by Gasteiger charge is 2.03. The van der Waals surface area contributed by atoms with E-state index in [0.29, 0.717) is 29.7 Å². The van der Waals surface area contributed by atoms with Gasteiger partial charge in [-0.1, -0.05) is 5.21 Å². The van der Waals surface area contributed by atoms with Gasteiger partial charge in [0.2, 0.25) is 0 Å². The molecule has 0 aliphatic heterocycles. The predicted octanol–water partition coefficient (Wildman–Crippen LogP) is 2.17. The van der Waals surface area contributed by atoms with E-state index in [2.05, 4.69) is 31.6 Å². The molecule has 5 nitrogen and oxygen atoms in total. The number of anilines is 1. The number of halogens is 2. The molecular formula is C12H14BrFN4O. The van der Waals surface area contributed by atoms with Crippen molar-refractivity contribution in [2.24, 2.45) is 0 Å². The van der Waals surface area contributed by atoms with Crippen LogP contribution in [0.4, 0.5) is 10.1 Å². The van der Waals surface area contributed by atoms with Gasteiger partial charge in [0.15, 0.2) is 0 Å². The van der Waals surface area contributed by atoms with Crippen LogP contribution in [0.15, 0.2) is 28.9 Å². The van der Waals surface area contributed by atoms with Crippen molar-refractivity contribution < 1.29 is 9.50 Å². The molecule has 7 heteroatoms. The minimum atomic E-state index is -0.309. The van der Waals surface area contributed by atoms with Crippen molar-refractivity contribution in [2.45, 2.75) is 19.5 Å². The molecule has 0 aliphatic rings. The molecule has 0 saturated carbocycles. The van der Waals surface area contributed by atoms with Crippen LogP contribution in [0, 0.1) is 5.82 Å². The van der Waals surface area contributed by atoms with Crippen LogP contribution in [0.3, 0.4) is 0 Å². The monoisotopic (exact) mass is 328 g/mol. The molecule has 0 radical (unpaired) electrons. The number of benzene rings is 1. The highest BCUT2D eigenvalue weighted by atomic mass is 79.9. The Labute approximate surface area is 118 Å². The normalized spacial score (nSPS) is 10.7. The molecule has 0 saturated heterocycles. The number of hydrogen-bond acceptors (Lipinski definition) is 4. The number of hydrogen-bond donors (Lipinski definition) is 2. The van der Waals surface area contributed by atoms with Crippen LogP contribution in [0.25, 0.3) is 0 Å². The van der Waals surface area contributed by atoms with Crippen LogP contribution in [-0.2, 0) is 13.1 Å². The van der Waals surface area contributed by atoms with Crippen molar-refractivity contribution in [1.82, 2.24) is 15.0 Å². The maximum atomic E-state index is 13.3. The Kier molecular flexibility index (Phi) is 4.86. The van der Waals surface area contributed by atoms with Crippen LogP contribution in [0.2, 0.25) is 0 Å². The van der Waals surface area contributed by atoms with Crippen LogP contribution in [0.5, 0.6) is 0 Å². The van der Waals surface area contributed by atoms with E-state index in [0.717, 1.165) is 5.69 Å². The lowest BCUT2D eigenvalue weighted by Gasteiger charge is -2.04. The molecule has 0 bridgehead atoms. The Morgan fingerprint density at radius 3 is 3.00 bits per heavy atom. The lowest BCUT2D eigenvalue weighted by Crippen LogP contribution is -2.01. The summed E-state index contributed by atoms with van der Waals surface area (Å²) in [5, 5.41) is 19.7. The molecule has 0 aliphatic carbocycles. The van der Waals surface area contributed by atoms with Crippen molar-refractivity contribution in [3.63, 3.8) is 0 Å². The Balaban J connectivity index is 1.91. The zero-order chi connectivity index (χ0) is 13.7. The molecule has 19 heavy (non-hydrogen) atoms. The maximum absolute atomic E-state index is 13.3. The summed E-state index contributed by atoms with van der Waals surface area (Å²) in [7, 11) is 0. The topological polar surface area (TPSA) is 63.0 Å². The molecule has 0 fully saturated rings. The summed E-state index contributed by atoms with van der Waals surface area (Å²) >= 11 is 3.10. The van der Waals surface area contributed by atoms with Crippen LogP contribution >= 0.6 is 15.9 Å². The number of aliphatic hydroxyl groups excluding tert-OH is 1. The van der Waals surface area contributed by atoms with E-state index >= 15 is 0 Å². The van der Waals surface area contributed by atoms with Crippen molar-refractivity contribution in [1.29, 1.82) is 0 Å². The molecule has 102 valence electrons. The number of aryl methyl sites for hydroxylation is 1. The summed E-state index contributed by atoms with van der Waals surface area (Å²) in [4.78, 5) is 0. The molecule has 1 aromatic carbocycles. The molecule has 0 unspecified atom stereocenters. The molecular weight excluding hydrogens is 315 g/mol. The van der Waals surface area contributed by atoms with Gasteiger partial charge in [-0.05, 0) is 40.5 Å². The highest BCUT2D eigenvalue weighted by molar-refractivity contribution is 9.10. The number of rotatable bonds is 6. The first kappa shape index (κ1) is 14.0. The minimum Gasteiger partial charge on any atom is -0.396 e. The molecule has 0 amide bonds. The highest BCUT2D eigenvalue weighted by Crippen LogP contribution is 2.19.